The van der Waals surface area contributed by atoms with E-state index in [0.29, 0.717) is 0 Å². The summed E-state index contributed by atoms with van der Waals surface area (Å²) < 4.78 is 2.47. The third-order valence-corrected chi connectivity index (χ3v) is 17.1. The van der Waals surface area contributed by atoms with Gasteiger partial charge in [0.1, 0.15) is 0 Å². The summed E-state index contributed by atoms with van der Waals surface area (Å²) in [7, 11) is 0. The summed E-state index contributed by atoms with van der Waals surface area (Å²) >= 11 is 0. The summed E-state index contributed by atoms with van der Waals surface area (Å²) in [5.74, 6) is 0. The molecule has 0 fully saturated rings. The van der Waals surface area contributed by atoms with E-state index < -0.39 is 10.8 Å². The van der Waals surface area contributed by atoms with Gasteiger partial charge in [-0.05, 0) is 163 Å². The zero-order valence-electron chi connectivity index (χ0n) is 40.7. The van der Waals surface area contributed by atoms with E-state index in [1.807, 2.05) is 0 Å². The first-order valence-corrected chi connectivity index (χ1v) is 26.1. The summed E-state index contributed by atoms with van der Waals surface area (Å²) in [5, 5.41) is 2.44. The smallest absolute Gasteiger partial charge is 0.0726 e. The fourth-order valence-electron chi connectivity index (χ4n) is 14.3. The number of hydrogen-bond acceptors (Lipinski definition) is 1. The van der Waals surface area contributed by atoms with Crippen LogP contribution in [-0.4, -0.2) is 4.57 Å². The minimum Gasteiger partial charge on any atom is -0.310 e. The van der Waals surface area contributed by atoms with Crippen LogP contribution in [0.25, 0.3) is 66.9 Å². The topological polar surface area (TPSA) is 8.17 Å². The van der Waals surface area contributed by atoms with Crippen molar-refractivity contribution in [2.24, 2.45) is 0 Å². The van der Waals surface area contributed by atoms with Gasteiger partial charge in [-0.2, -0.15) is 0 Å². The number of allylic oxidation sites excluding steroid dienone is 1. The predicted molar refractivity (Wildman–Crippen MR) is 306 cm³/mol. The molecule has 0 saturated carbocycles. The lowest BCUT2D eigenvalue weighted by molar-refractivity contribution is 0.770. The number of para-hydroxylation sites is 1. The zero-order chi connectivity index (χ0) is 48.5. The number of nitrogens with zero attached hydrogens (tertiary/aromatic N) is 2. The van der Waals surface area contributed by atoms with Crippen molar-refractivity contribution in [2.45, 2.75) is 23.7 Å². The van der Waals surface area contributed by atoms with Crippen LogP contribution in [0.3, 0.4) is 0 Å². The van der Waals surface area contributed by atoms with E-state index >= 15 is 0 Å². The highest BCUT2D eigenvalue weighted by atomic mass is 15.1. The van der Waals surface area contributed by atoms with E-state index in [1.54, 1.807) is 0 Å². The maximum atomic E-state index is 2.58. The molecule has 4 aliphatic rings. The average molecular weight is 941 g/mol. The summed E-state index contributed by atoms with van der Waals surface area (Å²) in [6.07, 6.45) is 6.63. The van der Waals surface area contributed by atoms with Crippen molar-refractivity contribution in [2.75, 3.05) is 4.90 Å². The summed E-state index contributed by atoms with van der Waals surface area (Å²) in [6.45, 7) is 0. The highest BCUT2D eigenvalue weighted by Gasteiger charge is 2.52. The van der Waals surface area contributed by atoms with Crippen molar-refractivity contribution < 1.29 is 0 Å². The van der Waals surface area contributed by atoms with Crippen molar-refractivity contribution in [3.63, 3.8) is 0 Å². The quantitative estimate of drug-likeness (QED) is 0.161. The monoisotopic (exact) mass is 940 g/mol. The van der Waals surface area contributed by atoms with Gasteiger partial charge in [-0.3, -0.25) is 0 Å². The van der Waals surface area contributed by atoms with Crippen molar-refractivity contribution >= 4 is 44.9 Å². The maximum Gasteiger partial charge on any atom is 0.0726 e. The fraction of sp³-hybridized carbons (Fsp3) is 0.0556. The third-order valence-electron chi connectivity index (χ3n) is 17.1. The van der Waals surface area contributed by atoms with E-state index in [4.69, 9.17) is 0 Å². The Morgan fingerprint density at radius 2 is 0.838 bits per heavy atom. The molecule has 0 unspecified atom stereocenters. The highest BCUT2D eigenvalue weighted by Crippen LogP contribution is 2.64. The van der Waals surface area contributed by atoms with E-state index in [1.165, 1.54) is 117 Å². The Labute approximate surface area is 431 Å². The van der Waals surface area contributed by atoms with Crippen molar-refractivity contribution in [3.05, 3.63) is 316 Å². The SMILES string of the molecule is C1=Cc2cccc(N(c3ccc4c(c3)C3(c5ccccc5-c5ccccc53)c3ccccc3-4)c3ccc4c(c3)c3cc(C5(c6ccccc6)c6ccccc6-c6ccccc65)ccc3n4-c3ccccc3)c2CC1. The molecule has 2 heteroatoms. The second-order valence-electron chi connectivity index (χ2n) is 20.5. The molecule has 0 bridgehead atoms. The zero-order valence-corrected chi connectivity index (χ0v) is 40.7. The normalized spacial score (nSPS) is 14.5. The van der Waals surface area contributed by atoms with Crippen LogP contribution in [0.4, 0.5) is 17.1 Å². The summed E-state index contributed by atoms with van der Waals surface area (Å²) in [4.78, 5) is 2.58. The standard InChI is InChI=1S/C72H48N2/c1-3-22-48(23-4-1)71(62-32-14-9-27-54(62)55-28-10-15-33-63(55)71)49-38-42-69-60(44-49)61-45-51(40-43-70(61)74(69)50-24-5-2-6-25-50)73(68-37-19-21-47-20-7-8-26-53(47)68)52-39-41-59-58-31-13-18-36-66(58)72(67(59)46-52)64-34-16-11-29-56(64)57-30-12-17-35-65(57)72/h1-7,9-25,27-46H,8,26H2. The maximum absolute atomic E-state index is 2.58. The van der Waals surface area contributed by atoms with Gasteiger partial charge < -0.3 is 9.47 Å². The molecule has 0 N–H and O–H groups in total. The molecule has 0 atom stereocenters. The van der Waals surface area contributed by atoms with Gasteiger partial charge in [0.25, 0.3) is 0 Å². The van der Waals surface area contributed by atoms with Gasteiger partial charge in [0.05, 0.1) is 21.9 Å². The van der Waals surface area contributed by atoms with Crippen LogP contribution in [0, 0.1) is 0 Å². The Morgan fingerprint density at radius 1 is 0.351 bits per heavy atom. The number of aromatic nitrogens is 1. The Hall–Kier alpha value is -9.24. The van der Waals surface area contributed by atoms with E-state index in [9.17, 15) is 0 Å². The molecule has 0 saturated heterocycles. The first-order valence-electron chi connectivity index (χ1n) is 26.1. The van der Waals surface area contributed by atoms with Gasteiger partial charge in [0.15, 0.2) is 0 Å². The first kappa shape index (κ1) is 41.4. The van der Waals surface area contributed by atoms with Gasteiger partial charge >= 0.3 is 0 Å². The predicted octanol–water partition coefficient (Wildman–Crippen LogP) is 17.9. The third kappa shape index (κ3) is 5.44. The molecule has 74 heavy (non-hydrogen) atoms. The van der Waals surface area contributed by atoms with Gasteiger partial charge in [0, 0.05) is 33.5 Å². The fourth-order valence-corrected chi connectivity index (χ4v) is 14.3. The second-order valence-corrected chi connectivity index (χ2v) is 20.5. The van der Waals surface area contributed by atoms with Gasteiger partial charge in [-0.15, -0.1) is 0 Å². The van der Waals surface area contributed by atoms with E-state index in [2.05, 4.69) is 276 Å². The molecule has 1 heterocycles. The van der Waals surface area contributed by atoms with Crippen LogP contribution in [0.2, 0.25) is 0 Å². The Balaban J connectivity index is 0.977. The second kappa shape index (κ2) is 15.6. The van der Waals surface area contributed by atoms with Crippen LogP contribution in [0.5, 0.6) is 0 Å². The van der Waals surface area contributed by atoms with Crippen molar-refractivity contribution in [1.29, 1.82) is 0 Å². The van der Waals surface area contributed by atoms with Gasteiger partial charge in [-0.25, -0.2) is 0 Å². The summed E-state index contributed by atoms with van der Waals surface area (Å²) in [5.41, 5.74) is 27.0. The molecule has 346 valence electrons. The molecule has 1 aromatic heterocycles. The van der Waals surface area contributed by atoms with Gasteiger partial charge in [-0.1, -0.05) is 206 Å². The van der Waals surface area contributed by atoms with Crippen molar-refractivity contribution in [3.8, 4) is 39.1 Å². The Kier molecular flexibility index (Phi) is 8.74. The molecular weight excluding hydrogens is 893 g/mol. The van der Waals surface area contributed by atoms with E-state index in [-0.39, 0.29) is 0 Å². The molecular formula is C72H48N2. The molecule has 2 nitrogen and oxygen atoms in total. The van der Waals surface area contributed by atoms with Crippen LogP contribution < -0.4 is 4.90 Å². The van der Waals surface area contributed by atoms with Crippen LogP contribution in [0.15, 0.2) is 261 Å². The van der Waals surface area contributed by atoms with Crippen molar-refractivity contribution in [1.82, 2.24) is 4.57 Å². The highest BCUT2D eigenvalue weighted by molar-refractivity contribution is 6.11. The average Bonchev–Trinajstić information content (AvgIpc) is 4.29. The van der Waals surface area contributed by atoms with Gasteiger partial charge in [0.2, 0.25) is 0 Å². The van der Waals surface area contributed by atoms with Crippen LogP contribution in [0.1, 0.15) is 62.1 Å². The number of hydrogen-bond donors (Lipinski definition) is 0. The Morgan fingerprint density at radius 3 is 1.45 bits per heavy atom. The first-order chi connectivity index (χ1) is 36.7. The lowest BCUT2D eigenvalue weighted by atomic mass is 9.67. The molecule has 0 radical (unpaired) electrons. The van der Waals surface area contributed by atoms with E-state index in [0.717, 1.165) is 29.9 Å². The number of benzene rings is 11. The minimum absolute atomic E-state index is 0.463. The number of anilines is 3. The number of fused-ring (bicyclic) bond motifs is 17. The van der Waals surface area contributed by atoms with Crippen LogP contribution in [-0.2, 0) is 17.3 Å². The molecule has 0 aliphatic heterocycles. The minimum atomic E-state index is -0.528. The lowest BCUT2D eigenvalue weighted by Gasteiger charge is -2.34. The number of rotatable bonds is 6. The molecule has 12 aromatic rings. The Bertz CT molecular complexity index is 4220. The molecule has 0 amide bonds. The molecule has 11 aromatic carbocycles. The largest absolute Gasteiger partial charge is 0.310 e. The summed E-state index contributed by atoms with van der Waals surface area (Å²) in [6, 6.07) is 96.4. The molecule has 16 rings (SSSR count). The lowest BCUT2D eigenvalue weighted by Crippen LogP contribution is -2.28. The molecule has 4 aliphatic carbocycles. The molecule has 1 spiro atoms. The van der Waals surface area contributed by atoms with Crippen LogP contribution >= 0.6 is 0 Å².